The lowest BCUT2D eigenvalue weighted by molar-refractivity contribution is 0.112. The van der Waals surface area contributed by atoms with Gasteiger partial charge in [0.2, 0.25) is 6.79 Å². The first-order valence-corrected chi connectivity index (χ1v) is 5.96. The smallest absolute Gasteiger partial charge is 0.231 e. The third-order valence-corrected chi connectivity index (χ3v) is 3.01. The molecule has 0 N–H and O–H groups in total. The number of ether oxygens (including phenoxy) is 3. The summed E-state index contributed by atoms with van der Waals surface area (Å²) in [6.45, 7) is 0.221. The first kappa shape index (κ1) is 11.9. The quantitative estimate of drug-likeness (QED) is 0.802. The van der Waals surface area contributed by atoms with Crippen LogP contribution in [0.5, 0.6) is 23.0 Å². The van der Waals surface area contributed by atoms with Crippen LogP contribution in [0.25, 0.3) is 0 Å². The number of benzene rings is 2. The second-order valence-electron chi connectivity index (χ2n) is 3.92. The van der Waals surface area contributed by atoms with Crippen LogP contribution in [0.4, 0.5) is 0 Å². The monoisotopic (exact) mass is 276 g/mol. The van der Waals surface area contributed by atoms with Gasteiger partial charge in [-0.05, 0) is 24.3 Å². The molecule has 0 amide bonds. The zero-order valence-corrected chi connectivity index (χ0v) is 10.5. The van der Waals surface area contributed by atoms with Crippen LogP contribution in [0.2, 0.25) is 5.02 Å². The Balaban J connectivity index is 1.85. The van der Waals surface area contributed by atoms with Crippen LogP contribution in [0.1, 0.15) is 10.4 Å². The average molecular weight is 277 g/mol. The van der Waals surface area contributed by atoms with Gasteiger partial charge < -0.3 is 14.2 Å². The molecule has 0 fully saturated rings. The molecule has 4 nitrogen and oxygen atoms in total. The van der Waals surface area contributed by atoms with Crippen LogP contribution in [0.3, 0.4) is 0 Å². The Bertz CT molecular complexity index is 639. The van der Waals surface area contributed by atoms with Crippen LogP contribution < -0.4 is 14.2 Å². The van der Waals surface area contributed by atoms with Crippen molar-refractivity contribution >= 4 is 17.9 Å². The summed E-state index contributed by atoms with van der Waals surface area (Å²) in [5.41, 5.74) is 0.430. The van der Waals surface area contributed by atoms with Crippen molar-refractivity contribution in [2.24, 2.45) is 0 Å². The lowest BCUT2D eigenvalue weighted by Gasteiger charge is -2.07. The molecule has 2 aromatic rings. The van der Waals surface area contributed by atoms with Crippen LogP contribution in [0, 0.1) is 0 Å². The van der Waals surface area contributed by atoms with E-state index in [1.807, 2.05) is 0 Å². The number of fused-ring (bicyclic) bond motifs is 1. The van der Waals surface area contributed by atoms with Crippen LogP contribution in [-0.4, -0.2) is 13.1 Å². The summed E-state index contributed by atoms with van der Waals surface area (Å²) < 4.78 is 16.1. The lowest BCUT2D eigenvalue weighted by Crippen LogP contribution is -1.92. The molecular weight excluding hydrogens is 268 g/mol. The normalized spacial score (nSPS) is 12.3. The molecule has 0 spiro atoms. The fourth-order valence-electron chi connectivity index (χ4n) is 1.74. The Morgan fingerprint density at radius 3 is 2.58 bits per heavy atom. The Morgan fingerprint density at radius 1 is 1.05 bits per heavy atom. The second kappa shape index (κ2) is 4.82. The van der Waals surface area contributed by atoms with Gasteiger partial charge in [0.05, 0.1) is 5.02 Å². The van der Waals surface area contributed by atoms with E-state index in [0.717, 1.165) is 0 Å². The number of hydrogen-bond acceptors (Lipinski definition) is 4. The molecule has 0 bridgehead atoms. The van der Waals surface area contributed by atoms with Crippen molar-refractivity contribution in [1.82, 2.24) is 0 Å². The van der Waals surface area contributed by atoms with E-state index in [1.54, 1.807) is 36.4 Å². The SMILES string of the molecule is O=Cc1ccc(Oc2ccc3c(c2)OCO3)cc1Cl. The molecular formula is C14H9ClO4. The minimum absolute atomic E-state index is 0.221. The highest BCUT2D eigenvalue weighted by Gasteiger charge is 2.14. The highest BCUT2D eigenvalue weighted by Crippen LogP contribution is 2.36. The molecule has 3 rings (SSSR count). The van der Waals surface area contributed by atoms with E-state index in [-0.39, 0.29) is 6.79 Å². The Morgan fingerprint density at radius 2 is 1.79 bits per heavy atom. The summed E-state index contributed by atoms with van der Waals surface area (Å²) in [6, 6.07) is 10.2. The minimum atomic E-state index is 0.221. The summed E-state index contributed by atoms with van der Waals surface area (Å²) in [4.78, 5) is 10.7. The van der Waals surface area contributed by atoms with E-state index in [2.05, 4.69) is 0 Å². The minimum Gasteiger partial charge on any atom is -0.457 e. The van der Waals surface area contributed by atoms with Crippen molar-refractivity contribution in [1.29, 1.82) is 0 Å². The van der Waals surface area contributed by atoms with E-state index in [0.29, 0.717) is 39.9 Å². The van der Waals surface area contributed by atoms with Gasteiger partial charge in [-0.1, -0.05) is 11.6 Å². The van der Waals surface area contributed by atoms with Gasteiger partial charge in [0, 0.05) is 17.7 Å². The van der Waals surface area contributed by atoms with Crippen molar-refractivity contribution in [2.75, 3.05) is 6.79 Å². The number of aldehydes is 1. The zero-order chi connectivity index (χ0) is 13.2. The van der Waals surface area contributed by atoms with Gasteiger partial charge in [-0.2, -0.15) is 0 Å². The third-order valence-electron chi connectivity index (χ3n) is 2.68. The molecule has 5 heteroatoms. The van der Waals surface area contributed by atoms with Crippen molar-refractivity contribution < 1.29 is 19.0 Å². The summed E-state index contributed by atoms with van der Waals surface area (Å²) >= 11 is 5.93. The number of carbonyl (C=O) groups excluding carboxylic acids is 1. The summed E-state index contributed by atoms with van der Waals surface area (Å²) in [5.74, 6) is 2.50. The third kappa shape index (κ3) is 2.35. The molecule has 1 aliphatic heterocycles. The van der Waals surface area contributed by atoms with Crippen LogP contribution >= 0.6 is 11.6 Å². The van der Waals surface area contributed by atoms with Crippen molar-refractivity contribution in [3.8, 4) is 23.0 Å². The molecule has 0 saturated heterocycles. The Labute approximate surface area is 114 Å². The van der Waals surface area contributed by atoms with Crippen LogP contribution in [0.15, 0.2) is 36.4 Å². The average Bonchev–Trinajstić information content (AvgIpc) is 2.86. The standard InChI is InChI=1S/C14H9ClO4/c15-12-5-10(2-1-9(12)7-16)19-11-3-4-13-14(6-11)18-8-17-13/h1-7H,8H2. The number of hydrogen-bond donors (Lipinski definition) is 0. The molecule has 0 aromatic heterocycles. The van der Waals surface area contributed by atoms with E-state index >= 15 is 0 Å². The van der Waals surface area contributed by atoms with Gasteiger partial charge in [0.15, 0.2) is 17.8 Å². The number of rotatable bonds is 3. The molecule has 96 valence electrons. The van der Waals surface area contributed by atoms with Gasteiger partial charge in [-0.3, -0.25) is 4.79 Å². The highest BCUT2D eigenvalue weighted by molar-refractivity contribution is 6.33. The summed E-state index contributed by atoms with van der Waals surface area (Å²) in [6.07, 6.45) is 0.701. The summed E-state index contributed by atoms with van der Waals surface area (Å²) in [7, 11) is 0. The molecule has 0 unspecified atom stereocenters. The molecule has 0 aliphatic carbocycles. The van der Waals surface area contributed by atoms with Crippen molar-refractivity contribution in [3.63, 3.8) is 0 Å². The first-order chi connectivity index (χ1) is 9.26. The van der Waals surface area contributed by atoms with E-state index in [1.165, 1.54) is 0 Å². The number of carbonyl (C=O) groups is 1. The Kier molecular flexibility index (Phi) is 3.01. The highest BCUT2D eigenvalue weighted by atomic mass is 35.5. The van der Waals surface area contributed by atoms with E-state index in [4.69, 9.17) is 25.8 Å². The maximum atomic E-state index is 10.7. The van der Waals surface area contributed by atoms with Gasteiger partial charge in [-0.15, -0.1) is 0 Å². The van der Waals surface area contributed by atoms with Crippen molar-refractivity contribution in [2.45, 2.75) is 0 Å². The molecule has 19 heavy (non-hydrogen) atoms. The predicted molar refractivity (Wildman–Crippen MR) is 69.5 cm³/mol. The summed E-state index contributed by atoms with van der Waals surface area (Å²) in [5, 5.41) is 0.355. The van der Waals surface area contributed by atoms with Crippen LogP contribution in [-0.2, 0) is 0 Å². The predicted octanol–water partition coefficient (Wildman–Crippen LogP) is 3.67. The first-order valence-electron chi connectivity index (χ1n) is 5.58. The molecule has 0 atom stereocenters. The van der Waals surface area contributed by atoms with Gasteiger partial charge in [0.25, 0.3) is 0 Å². The van der Waals surface area contributed by atoms with Gasteiger partial charge in [0.1, 0.15) is 11.5 Å². The molecule has 2 aromatic carbocycles. The van der Waals surface area contributed by atoms with Gasteiger partial charge in [-0.25, -0.2) is 0 Å². The second-order valence-corrected chi connectivity index (χ2v) is 4.33. The Hall–Kier alpha value is -2.20. The zero-order valence-electron chi connectivity index (χ0n) is 9.76. The topological polar surface area (TPSA) is 44.8 Å². The molecule has 1 aliphatic rings. The largest absolute Gasteiger partial charge is 0.457 e. The maximum absolute atomic E-state index is 10.7. The van der Waals surface area contributed by atoms with Gasteiger partial charge >= 0.3 is 0 Å². The maximum Gasteiger partial charge on any atom is 0.231 e. The van der Waals surface area contributed by atoms with Crippen molar-refractivity contribution in [3.05, 3.63) is 47.0 Å². The molecule has 0 saturated carbocycles. The van der Waals surface area contributed by atoms with E-state index < -0.39 is 0 Å². The number of halogens is 1. The fraction of sp³-hybridized carbons (Fsp3) is 0.0714. The fourth-order valence-corrected chi connectivity index (χ4v) is 1.96. The van der Waals surface area contributed by atoms with E-state index in [9.17, 15) is 4.79 Å². The molecule has 1 heterocycles. The lowest BCUT2D eigenvalue weighted by atomic mass is 10.2. The molecule has 0 radical (unpaired) electrons.